The van der Waals surface area contributed by atoms with Crippen LogP contribution >= 0.6 is 0 Å². The predicted octanol–water partition coefficient (Wildman–Crippen LogP) is -0.428. The van der Waals surface area contributed by atoms with Crippen LogP contribution in [0.5, 0.6) is 0 Å². The highest BCUT2D eigenvalue weighted by molar-refractivity contribution is 7.90. The summed E-state index contributed by atoms with van der Waals surface area (Å²) in [6.45, 7) is 4.57. The number of nitrogens with one attached hydrogen (secondary N) is 1. The lowest BCUT2D eigenvalue weighted by Crippen LogP contribution is -2.45. The van der Waals surface area contributed by atoms with Gasteiger partial charge < -0.3 is 5.32 Å². The Hall–Kier alpha value is -0.130. The maximum atomic E-state index is 10.8. The smallest absolute Gasteiger partial charge is 0.148 e. The molecule has 1 heterocycles. The topological polar surface area (TPSA) is 49.4 Å². The molecule has 1 fully saturated rings. The summed E-state index contributed by atoms with van der Waals surface area (Å²) in [4.78, 5) is 2.18. The first-order chi connectivity index (χ1) is 5.58. The van der Waals surface area contributed by atoms with Gasteiger partial charge in [-0.25, -0.2) is 8.42 Å². The van der Waals surface area contributed by atoms with Crippen LogP contribution in [0.3, 0.4) is 0 Å². The summed E-state index contributed by atoms with van der Waals surface area (Å²) in [6, 6.07) is 0. The number of sulfone groups is 1. The number of hydrogen-bond donors (Lipinski definition) is 1. The molecule has 0 bridgehead atoms. The van der Waals surface area contributed by atoms with Crippen molar-refractivity contribution in [3.63, 3.8) is 0 Å². The van der Waals surface area contributed by atoms with Gasteiger partial charge in [-0.3, -0.25) is 4.90 Å². The monoisotopic (exact) mass is 208 g/mol. The summed E-state index contributed by atoms with van der Waals surface area (Å²) in [6.07, 6.45) is 1.29. The quantitative estimate of drug-likeness (QED) is 0.684. The molecule has 0 unspecified atom stereocenters. The molecule has 13 heavy (non-hydrogen) atoms. The average molecular weight is 208 g/mol. The molecular formula is C8H20N2O2S. The van der Waals surface area contributed by atoms with Gasteiger partial charge in [0.15, 0.2) is 0 Å². The van der Waals surface area contributed by atoms with E-state index in [1.54, 1.807) is 0 Å². The van der Waals surface area contributed by atoms with Crippen LogP contribution in [0.1, 0.15) is 7.43 Å². The van der Waals surface area contributed by atoms with Crippen LogP contribution in [0.25, 0.3) is 0 Å². The van der Waals surface area contributed by atoms with Gasteiger partial charge in [-0.2, -0.15) is 0 Å². The second-order valence-electron chi connectivity index (χ2n) is 3.22. The van der Waals surface area contributed by atoms with Gasteiger partial charge >= 0.3 is 0 Å². The van der Waals surface area contributed by atoms with Crippen LogP contribution in [0.4, 0.5) is 0 Å². The second kappa shape index (κ2) is 5.57. The molecule has 0 aromatic carbocycles. The van der Waals surface area contributed by atoms with Gasteiger partial charge in [-0.1, -0.05) is 7.43 Å². The van der Waals surface area contributed by atoms with Gasteiger partial charge in [-0.15, -0.1) is 0 Å². The Morgan fingerprint density at radius 1 is 1.31 bits per heavy atom. The van der Waals surface area contributed by atoms with Crippen molar-refractivity contribution in [2.75, 3.05) is 44.7 Å². The lowest BCUT2D eigenvalue weighted by atomic mass is 10.4. The largest absolute Gasteiger partial charge is 0.314 e. The molecule has 80 valence electrons. The first-order valence-electron chi connectivity index (χ1n) is 4.19. The molecular weight excluding hydrogens is 188 g/mol. The molecule has 1 aliphatic heterocycles. The summed E-state index contributed by atoms with van der Waals surface area (Å²) in [5.41, 5.74) is 0. The van der Waals surface area contributed by atoms with Crippen molar-refractivity contribution < 1.29 is 8.42 Å². The molecule has 1 saturated heterocycles. The maximum absolute atomic E-state index is 10.8. The van der Waals surface area contributed by atoms with E-state index in [1.807, 2.05) is 0 Å². The summed E-state index contributed by atoms with van der Waals surface area (Å²) < 4.78 is 21.7. The van der Waals surface area contributed by atoms with Crippen molar-refractivity contribution >= 4 is 9.84 Å². The number of piperazine rings is 1. The minimum absolute atomic E-state index is 0. The van der Waals surface area contributed by atoms with Gasteiger partial charge in [0.25, 0.3) is 0 Å². The Morgan fingerprint density at radius 3 is 2.31 bits per heavy atom. The predicted molar refractivity (Wildman–Crippen MR) is 55.8 cm³/mol. The molecule has 0 aromatic rings. The molecule has 5 heteroatoms. The maximum Gasteiger partial charge on any atom is 0.148 e. The Bertz CT molecular complexity index is 220. The van der Waals surface area contributed by atoms with Gasteiger partial charge in [0.2, 0.25) is 0 Å². The number of nitrogens with zero attached hydrogens (tertiary/aromatic N) is 1. The molecule has 4 nitrogen and oxygen atoms in total. The van der Waals surface area contributed by atoms with Crippen molar-refractivity contribution in [2.24, 2.45) is 0 Å². The Labute approximate surface area is 81.2 Å². The van der Waals surface area contributed by atoms with E-state index in [4.69, 9.17) is 0 Å². The van der Waals surface area contributed by atoms with Crippen LogP contribution < -0.4 is 5.32 Å². The minimum atomic E-state index is -2.79. The van der Waals surface area contributed by atoms with E-state index < -0.39 is 9.84 Å². The lowest BCUT2D eigenvalue weighted by molar-refractivity contribution is 0.254. The Balaban J connectivity index is 0.00000144. The summed E-state index contributed by atoms with van der Waals surface area (Å²) in [7, 11) is -2.79. The third kappa shape index (κ3) is 6.01. The van der Waals surface area contributed by atoms with Gasteiger partial charge in [0.05, 0.1) is 5.75 Å². The standard InChI is InChI=1S/C7H16N2O2S.CH4/c1-12(10,11)7-6-9-4-2-8-3-5-9;/h8H,2-7H2,1H3;1H4. The molecule has 0 aromatic heterocycles. The zero-order valence-corrected chi connectivity index (χ0v) is 8.23. The van der Waals surface area contributed by atoms with Gasteiger partial charge in [0, 0.05) is 39.0 Å². The first-order valence-corrected chi connectivity index (χ1v) is 6.25. The normalized spacial score (nSPS) is 19.5. The highest BCUT2D eigenvalue weighted by atomic mass is 32.2. The zero-order valence-electron chi connectivity index (χ0n) is 7.41. The van der Waals surface area contributed by atoms with Crippen LogP contribution in [-0.2, 0) is 9.84 Å². The molecule has 0 atom stereocenters. The molecule has 0 spiro atoms. The Morgan fingerprint density at radius 2 is 1.85 bits per heavy atom. The van der Waals surface area contributed by atoms with E-state index in [9.17, 15) is 8.42 Å². The third-order valence-electron chi connectivity index (χ3n) is 1.99. The van der Waals surface area contributed by atoms with Crippen molar-refractivity contribution in [1.29, 1.82) is 0 Å². The van der Waals surface area contributed by atoms with Gasteiger partial charge in [-0.05, 0) is 0 Å². The van der Waals surface area contributed by atoms with Crippen LogP contribution in [-0.4, -0.2) is 58.1 Å². The number of rotatable bonds is 3. The van der Waals surface area contributed by atoms with Crippen molar-refractivity contribution in [2.45, 2.75) is 7.43 Å². The molecule has 0 aliphatic carbocycles. The number of hydrogen-bond acceptors (Lipinski definition) is 4. The fourth-order valence-corrected chi connectivity index (χ4v) is 1.82. The zero-order chi connectivity index (χ0) is 9.03. The third-order valence-corrected chi connectivity index (χ3v) is 2.91. The summed E-state index contributed by atoms with van der Waals surface area (Å²) >= 11 is 0. The minimum Gasteiger partial charge on any atom is -0.314 e. The highest BCUT2D eigenvalue weighted by Crippen LogP contribution is 1.93. The summed E-state index contributed by atoms with van der Waals surface area (Å²) in [5, 5.41) is 3.22. The summed E-state index contributed by atoms with van der Waals surface area (Å²) in [5.74, 6) is 0.285. The van der Waals surface area contributed by atoms with Crippen LogP contribution in [0, 0.1) is 0 Å². The van der Waals surface area contributed by atoms with Crippen molar-refractivity contribution in [3.8, 4) is 0 Å². The van der Waals surface area contributed by atoms with Gasteiger partial charge in [0.1, 0.15) is 9.84 Å². The van der Waals surface area contributed by atoms with E-state index in [2.05, 4.69) is 10.2 Å². The first kappa shape index (κ1) is 12.9. The molecule has 0 saturated carbocycles. The molecule has 1 N–H and O–H groups in total. The molecule has 1 aliphatic rings. The average Bonchev–Trinajstić information content (AvgIpc) is 2.02. The van der Waals surface area contributed by atoms with E-state index in [0.717, 1.165) is 26.2 Å². The second-order valence-corrected chi connectivity index (χ2v) is 5.48. The lowest BCUT2D eigenvalue weighted by Gasteiger charge is -2.26. The molecule has 1 rings (SSSR count). The fraction of sp³-hybridized carbons (Fsp3) is 1.00. The van der Waals surface area contributed by atoms with Crippen molar-refractivity contribution in [1.82, 2.24) is 10.2 Å². The molecule has 0 amide bonds. The van der Waals surface area contributed by atoms with E-state index in [-0.39, 0.29) is 13.2 Å². The van der Waals surface area contributed by atoms with Crippen LogP contribution in [0.15, 0.2) is 0 Å². The molecule has 0 radical (unpaired) electrons. The van der Waals surface area contributed by atoms with E-state index in [0.29, 0.717) is 6.54 Å². The van der Waals surface area contributed by atoms with E-state index >= 15 is 0 Å². The van der Waals surface area contributed by atoms with E-state index in [1.165, 1.54) is 6.26 Å². The Kier molecular flexibility index (Phi) is 5.51. The SMILES string of the molecule is C.CS(=O)(=O)CCN1CCNCC1. The van der Waals surface area contributed by atoms with Crippen LogP contribution in [0.2, 0.25) is 0 Å². The fourth-order valence-electron chi connectivity index (χ4n) is 1.23. The highest BCUT2D eigenvalue weighted by Gasteiger charge is 2.11. The van der Waals surface area contributed by atoms with Crippen molar-refractivity contribution in [3.05, 3.63) is 0 Å².